The van der Waals surface area contributed by atoms with Crippen LogP contribution in [0.5, 0.6) is 5.75 Å². The number of nitrogens with zero attached hydrogens (tertiary/aromatic N) is 2. The number of likely N-dealkylation sites (tertiary alicyclic amines) is 1. The van der Waals surface area contributed by atoms with Crippen LogP contribution in [0, 0.1) is 15.9 Å². The molecule has 0 saturated carbocycles. The number of anilines is 1. The van der Waals surface area contributed by atoms with Gasteiger partial charge in [0.2, 0.25) is 5.82 Å². The minimum absolute atomic E-state index is 0.0755. The van der Waals surface area contributed by atoms with Gasteiger partial charge in [0.05, 0.1) is 12.0 Å². The number of rotatable bonds is 4. The monoisotopic (exact) mass is 315 g/mol. The third-order valence-electron chi connectivity index (χ3n) is 3.28. The van der Waals surface area contributed by atoms with Crippen molar-refractivity contribution >= 4 is 17.5 Å². The second kappa shape index (κ2) is 6.46. The van der Waals surface area contributed by atoms with Crippen LogP contribution in [0.2, 0.25) is 0 Å². The summed E-state index contributed by atoms with van der Waals surface area (Å²) in [6.07, 6.45) is -1.38. The average molecular weight is 315 g/mol. The van der Waals surface area contributed by atoms with Gasteiger partial charge in [-0.1, -0.05) is 0 Å². The molecule has 1 atom stereocenters. The van der Waals surface area contributed by atoms with Crippen molar-refractivity contribution in [3.8, 4) is 5.75 Å². The summed E-state index contributed by atoms with van der Waals surface area (Å²) in [7, 11) is 1.29. The van der Waals surface area contributed by atoms with Crippen LogP contribution in [0.1, 0.15) is 15.6 Å². The normalized spacial score (nSPS) is 21.5. The van der Waals surface area contributed by atoms with Gasteiger partial charge in [-0.15, -0.1) is 0 Å². The third-order valence-corrected chi connectivity index (χ3v) is 3.28. The summed E-state index contributed by atoms with van der Waals surface area (Å²) < 4.78 is 34.4. The molecular formula is C13H16FN3O5. The molecule has 22 heavy (non-hydrogen) atoms. The average Bonchev–Trinajstić information content (AvgIpc) is 2.44. The Hall–Kier alpha value is -2.58. The maximum absolute atomic E-state index is 13.9. The van der Waals surface area contributed by atoms with Gasteiger partial charge in [0.1, 0.15) is 11.4 Å². The van der Waals surface area contributed by atoms with E-state index in [9.17, 15) is 19.3 Å². The molecule has 1 fully saturated rings. The minimum Gasteiger partial charge on any atom is -0.497 e. The zero-order valence-corrected chi connectivity index (χ0v) is 11.7. The first-order valence-electron chi connectivity index (χ1n) is 7.44. The van der Waals surface area contributed by atoms with E-state index in [1.165, 1.54) is 13.2 Å². The number of hydrogen-bond acceptors (Lipinski definition) is 5. The summed E-state index contributed by atoms with van der Waals surface area (Å²) >= 11 is 0. The van der Waals surface area contributed by atoms with Gasteiger partial charge in [-0.3, -0.25) is 10.1 Å². The van der Waals surface area contributed by atoms with Gasteiger partial charge in [-0.25, -0.2) is 4.79 Å². The third kappa shape index (κ3) is 3.35. The molecule has 8 nitrogen and oxygen atoms in total. The van der Waals surface area contributed by atoms with E-state index in [1.807, 2.05) is 0 Å². The van der Waals surface area contributed by atoms with E-state index in [2.05, 4.69) is 5.32 Å². The Labute approximate surface area is 128 Å². The van der Waals surface area contributed by atoms with Crippen LogP contribution >= 0.6 is 0 Å². The SMILES string of the molecule is [2H]C1([2H])CC(Nc2cc(OC)cc(F)c2[N+](=O)[O-])CCN1C(=O)O. The highest BCUT2D eigenvalue weighted by molar-refractivity contribution is 5.66. The Bertz CT molecular complexity index is 673. The Kier molecular flexibility index (Phi) is 3.85. The van der Waals surface area contributed by atoms with Crippen LogP contribution in [0.25, 0.3) is 0 Å². The molecule has 1 aliphatic heterocycles. The van der Waals surface area contributed by atoms with E-state index < -0.39 is 35.1 Å². The number of carbonyl (C=O) groups is 1. The number of methoxy groups -OCH3 is 1. The first-order chi connectivity index (χ1) is 11.2. The van der Waals surface area contributed by atoms with Crippen molar-refractivity contribution in [3.05, 3.63) is 28.1 Å². The minimum atomic E-state index is -2.13. The van der Waals surface area contributed by atoms with Gasteiger partial charge < -0.3 is 20.1 Å². The largest absolute Gasteiger partial charge is 0.497 e. The molecule has 0 radical (unpaired) electrons. The molecule has 1 saturated heterocycles. The van der Waals surface area contributed by atoms with E-state index >= 15 is 0 Å². The van der Waals surface area contributed by atoms with Crippen LogP contribution in [-0.4, -0.2) is 47.2 Å². The van der Waals surface area contributed by atoms with Crippen LogP contribution in [0.3, 0.4) is 0 Å². The highest BCUT2D eigenvalue weighted by Crippen LogP contribution is 2.33. The zero-order chi connectivity index (χ0) is 18.1. The molecule has 0 bridgehead atoms. The Morgan fingerprint density at radius 2 is 2.36 bits per heavy atom. The number of benzene rings is 1. The molecule has 9 heteroatoms. The Balaban J connectivity index is 2.27. The van der Waals surface area contributed by atoms with Crippen LogP contribution < -0.4 is 10.1 Å². The lowest BCUT2D eigenvalue weighted by Gasteiger charge is -2.30. The summed E-state index contributed by atoms with van der Waals surface area (Å²) in [5.41, 5.74) is -0.904. The highest BCUT2D eigenvalue weighted by atomic mass is 19.1. The second-order valence-electron chi connectivity index (χ2n) is 4.69. The molecule has 1 amide bonds. The van der Waals surface area contributed by atoms with Crippen molar-refractivity contribution in [2.75, 3.05) is 25.5 Å². The number of nitro benzene ring substituents is 1. The van der Waals surface area contributed by atoms with Gasteiger partial charge in [0, 0.05) is 34.0 Å². The molecule has 1 aromatic rings. The number of hydrogen-bond donors (Lipinski definition) is 2. The number of halogens is 1. The maximum Gasteiger partial charge on any atom is 0.407 e. The number of ether oxygens (including phenoxy) is 1. The van der Waals surface area contributed by atoms with Crippen LogP contribution in [0.15, 0.2) is 12.1 Å². The van der Waals surface area contributed by atoms with E-state index in [-0.39, 0.29) is 30.8 Å². The predicted molar refractivity (Wildman–Crippen MR) is 75.8 cm³/mol. The molecule has 0 aliphatic carbocycles. The second-order valence-corrected chi connectivity index (χ2v) is 4.69. The summed E-state index contributed by atoms with van der Waals surface area (Å²) in [5.74, 6) is -1.00. The fraction of sp³-hybridized carbons (Fsp3) is 0.462. The van der Waals surface area contributed by atoms with Crippen molar-refractivity contribution in [1.29, 1.82) is 0 Å². The molecule has 1 heterocycles. The quantitative estimate of drug-likeness (QED) is 0.652. The Morgan fingerprint density at radius 1 is 1.64 bits per heavy atom. The predicted octanol–water partition coefficient (Wildman–Crippen LogP) is 2.30. The first kappa shape index (κ1) is 13.1. The van der Waals surface area contributed by atoms with Crippen LogP contribution in [-0.2, 0) is 0 Å². The molecular weight excluding hydrogens is 297 g/mol. The van der Waals surface area contributed by atoms with Gasteiger partial charge in [0.15, 0.2) is 0 Å². The van der Waals surface area contributed by atoms with Crippen LogP contribution in [0.4, 0.5) is 20.6 Å². The van der Waals surface area contributed by atoms with E-state index in [1.54, 1.807) is 0 Å². The van der Waals surface area contributed by atoms with Gasteiger partial charge in [-0.2, -0.15) is 4.39 Å². The maximum atomic E-state index is 13.9. The molecule has 2 N–H and O–H groups in total. The topological polar surface area (TPSA) is 105 Å². The number of nitrogens with one attached hydrogen (secondary N) is 1. The first-order valence-corrected chi connectivity index (χ1v) is 6.44. The fourth-order valence-corrected chi connectivity index (χ4v) is 2.18. The van der Waals surface area contributed by atoms with Gasteiger partial charge in [0.25, 0.3) is 0 Å². The molecule has 2 rings (SSSR count). The van der Waals surface area contributed by atoms with Gasteiger partial charge >= 0.3 is 11.8 Å². The van der Waals surface area contributed by atoms with E-state index in [0.29, 0.717) is 4.90 Å². The van der Waals surface area contributed by atoms with Crippen molar-refractivity contribution < 1.29 is 26.7 Å². The summed E-state index contributed by atoms with van der Waals surface area (Å²) in [4.78, 5) is 21.9. The number of carboxylic acid groups (broad SMARTS) is 1. The van der Waals surface area contributed by atoms with E-state index in [0.717, 1.165) is 6.07 Å². The number of amides is 1. The zero-order valence-electron chi connectivity index (χ0n) is 13.7. The lowest BCUT2D eigenvalue weighted by molar-refractivity contribution is -0.386. The molecule has 1 unspecified atom stereocenters. The smallest absolute Gasteiger partial charge is 0.407 e. The summed E-state index contributed by atoms with van der Waals surface area (Å²) in [6.45, 7) is -2.21. The van der Waals surface area contributed by atoms with E-state index in [4.69, 9.17) is 12.6 Å². The lowest BCUT2D eigenvalue weighted by Crippen LogP contribution is -2.41. The van der Waals surface area contributed by atoms with Crippen molar-refractivity contribution in [3.63, 3.8) is 0 Å². The lowest BCUT2D eigenvalue weighted by atomic mass is 10.0. The van der Waals surface area contributed by atoms with Gasteiger partial charge in [-0.05, 0) is 12.8 Å². The highest BCUT2D eigenvalue weighted by Gasteiger charge is 2.27. The molecule has 120 valence electrons. The molecule has 1 aromatic carbocycles. The van der Waals surface area contributed by atoms with Crippen molar-refractivity contribution in [1.82, 2.24) is 4.90 Å². The standard InChI is InChI=1S/C13H16FN3O5/c1-22-9-6-10(14)12(17(20)21)11(7-9)15-8-2-4-16(5-3-8)13(18)19/h6-8,15H,2-5H2,1H3,(H,18,19)/i4D2. The molecule has 0 aromatic heterocycles. The number of nitro groups is 1. The summed E-state index contributed by atoms with van der Waals surface area (Å²) in [5, 5.41) is 22.8. The van der Waals surface area contributed by atoms with Crippen molar-refractivity contribution in [2.45, 2.75) is 18.9 Å². The fourth-order valence-electron chi connectivity index (χ4n) is 2.18. The summed E-state index contributed by atoms with van der Waals surface area (Å²) in [6, 6.07) is 1.54. The number of piperidine rings is 1. The molecule has 1 aliphatic rings. The molecule has 0 spiro atoms. The van der Waals surface area contributed by atoms with Crippen molar-refractivity contribution in [2.24, 2.45) is 0 Å². The Morgan fingerprint density at radius 3 is 2.91 bits per heavy atom.